The lowest BCUT2D eigenvalue weighted by molar-refractivity contribution is 0.102. The van der Waals surface area contributed by atoms with E-state index in [0.29, 0.717) is 40.1 Å². The summed E-state index contributed by atoms with van der Waals surface area (Å²) in [5, 5.41) is 14.3. The molecule has 0 saturated heterocycles. The van der Waals surface area contributed by atoms with Crippen molar-refractivity contribution < 1.29 is 22.5 Å². The molecule has 0 bridgehead atoms. The quantitative estimate of drug-likeness (QED) is 0.291. The lowest BCUT2D eigenvalue weighted by Gasteiger charge is -2.11. The monoisotopic (exact) mass is 568 g/mol. The number of sulfonamides is 1. The van der Waals surface area contributed by atoms with Crippen molar-refractivity contribution >= 4 is 55.6 Å². The summed E-state index contributed by atoms with van der Waals surface area (Å²) < 4.78 is 37.2. The molecule has 0 aliphatic carbocycles. The first-order chi connectivity index (χ1) is 17.2. The number of carbonyl (C=O) groups is 1. The van der Waals surface area contributed by atoms with Gasteiger partial charge in [-0.1, -0.05) is 39.7 Å². The van der Waals surface area contributed by atoms with E-state index in [0.717, 1.165) is 4.31 Å². The molecule has 15 heteroatoms. The van der Waals surface area contributed by atoms with Gasteiger partial charge in [0, 0.05) is 17.6 Å². The Kier molecular flexibility index (Phi) is 7.85. The number of aromatic nitrogens is 4. The van der Waals surface area contributed by atoms with Gasteiger partial charge in [0.25, 0.3) is 15.9 Å². The summed E-state index contributed by atoms with van der Waals surface area (Å²) in [6.45, 7) is 2.24. The van der Waals surface area contributed by atoms with Crippen molar-refractivity contribution in [3.05, 3.63) is 64.0 Å². The number of hydrogen-bond donors (Lipinski definition) is 1. The van der Waals surface area contributed by atoms with Crippen LogP contribution in [0.15, 0.2) is 51.3 Å². The van der Waals surface area contributed by atoms with Crippen LogP contribution in [0, 0.1) is 0 Å². The van der Waals surface area contributed by atoms with E-state index < -0.39 is 15.9 Å². The second-order valence-electron chi connectivity index (χ2n) is 7.18. The van der Waals surface area contributed by atoms with Gasteiger partial charge in [-0.05, 0) is 49.4 Å². The van der Waals surface area contributed by atoms with Crippen molar-refractivity contribution in [2.24, 2.45) is 0 Å². The molecule has 0 fully saturated rings. The Hall–Kier alpha value is -3.10. The largest absolute Gasteiger partial charge is 0.494 e. The highest BCUT2D eigenvalue weighted by Crippen LogP contribution is 2.26. The number of nitrogens with one attached hydrogen (secondary N) is 1. The maximum absolute atomic E-state index is 13.0. The predicted octanol–water partition coefficient (Wildman–Crippen LogP) is 4.37. The molecule has 0 aliphatic rings. The van der Waals surface area contributed by atoms with Crippen molar-refractivity contribution in [1.82, 2.24) is 24.6 Å². The number of amides is 1. The molecule has 36 heavy (non-hydrogen) atoms. The summed E-state index contributed by atoms with van der Waals surface area (Å²) in [7, 11) is -2.72. The van der Waals surface area contributed by atoms with Crippen molar-refractivity contribution in [1.29, 1.82) is 0 Å². The maximum Gasteiger partial charge on any atom is 0.272 e. The Morgan fingerprint density at radius 3 is 2.61 bits per heavy atom. The zero-order valence-corrected chi connectivity index (χ0v) is 22.0. The fourth-order valence-corrected chi connectivity index (χ4v) is 5.61. The number of halogens is 2. The first kappa shape index (κ1) is 26.0. The molecule has 0 spiro atoms. The standard InChI is InChI=1S/C21H18Cl2N6O5S2/c1-3-33-14-7-4-12(5-8-14)18-24-17(34-28-18)11-29(2)36(31,32)21-27-26-20(35-21)25-19(30)15-9-6-13(22)10-16(15)23/h4-10H,3,11H2,1-2H3,(H,25,26,30). The van der Waals surface area contributed by atoms with Crippen molar-refractivity contribution in [2.75, 3.05) is 19.0 Å². The molecule has 0 unspecified atom stereocenters. The highest BCUT2D eigenvalue weighted by molar-refractivity contribution is 7.91. The minimum atomic E-state index is -4.06. The van der Waals surface area contributed by atoms with Crippen LogP contribution in [-0.4, -0.2) is 52.6 Å². The van der Waals surface area contributed by atoms with Crippen LogP contribution in [0.5, 0.6) is 5.75 Å². The van der Waals surface area contributed by atoms with Gasteiger partial charge >= 0.3 is 0 Å². The topological polar surface area (TPSA) is 140 Å². The Morgan fingerprint density at radius 1 is 1.17 bits per heavy atom. The van der Waals surface area contributed by atoms with Gasteiger partial charge in [0.1, 0.15) is 5.75 Å². The molecule has 2 heterocycles. The molecule has 4 rings (SSSR count). The minimum absolute atomic E-state index is 0.0198. The van der Waals surface area contributed by atoms with Crippen LogP contribution in [0.25, 0.3) is 11.4 Å². The van der Waals surface area contributed by atoms with Gasteiger partial charge in [-0.2, -0.15) is 9.29 Å². The van der Waals surface area contributed by atoms with Gasteiger partial charge in [0.05, 0.1) is 23.7 Å². The number of hydrogen-bond acceptors (Lipinski definition) is 10. The molecule has 188 valence electrons. The third kappa shape index (κ3) is 5.82. The number of rotatable bonds is 9. The van der Waals surface area contributed by atoms with Gasteiger partial charge in [0.15, 0.2) is 0 Å². The molecular weight excluding hydrogens is 551 g/mol. The van der Waals surface area contributed by atoms with Gasteiger partial charge in [0.2, 0.25) is 21.2 Å². The third-order valence-electron chi connectivity index (χ3n) is 4.68. The van der Waals surface area contributed by atoms with Crippen LogP contribution in [0.2, 0.25) is 10.0 Å². The third-order valence-corrected chi connectivity index (χ3v) is 8.22. The van der Waals surface area contributed by atoms with Crippen LogP contribution >= 0.6 is 34.5 Å². The molecule has 2 aromatic carbocycles. The van der Waals surface area contributed by atoms with E-state index in [1.165, 1.54) is 25.2 Å². The number of benzene rings is 2. The Bertz CT molecular complexity index is 1490. The molecule has 1 N–H and O–H groups in total. The van der Waals surface area contributed by atoms with Crippen LogP contribution < -0.4 is 10.1 Å². The molecule has 0 aliphatic heterocycles. The first-order valence-electron chi connectivity index (χ1n) is 10.3. The zero-order chi connectivity index (χ0) is 25.9. The summed E-state index contributed by atoms with van der Waals surface area (Å²) in [6.07, 6.45) is 0. The van der Waals surface area contributed by atoms with Crippen molar-refractivity contribution in [3.63, 3.8) is 0 Å². The minimum Gasteiger partial charge on any atom is -0.494 e. The van der Waals surface area contributed by atoms with Gasteiger partial charge in [-0.3, -0.25) is 10.1 Å². The lowest BCUT2D eigenvalue weighted by Crippen LogP contribution is -2.26. The van der Waals surface area contributed by atoms with Crippen LogP contribution in [0.3, 0.4) is 0 Å². The summed E-state index contributed by atoms with van der Waals surface area (Å²) in [6, 6.07) is 11.5. The molecule has 2 aromatic heterocycles. The summed E-state index contributed by atoms with van der Waals surface area (Å²) in [5.41, 5.74) is 0.835. The van der Waals surface area contributed by atoms with Crippen LogP contribution in [0.4, 0.5) is 5.13 Å². The Morgan fingerprint density at radius 2 is 1.92 bits per heavy atom. The second kappa shape index (κ2) is 10.9. The fraction of sp³-hybridized carbons (Fsp3) is 0.190. The smallest absolute Gasteiger partial charge is 0.272 e. The SMILES string of the molecule is CCOc1ccc(-c2noc(CN(C)S(=O)(=O)c3nnc(NC(=O)c4ccc(Cl)cc4Cl)s3)n2)cc1. The van der Waals surface area contributed by atoms with Crippen molar-refractivity contribution in [2.45, 2.75) is 17.8 Å². The van der Waals surface area contributed by atoms with E-state index in [-0.39, 0.29) is 32.5 Å². The molecule has 11 nitrogen and oxygen atoms in total. The van der Waals surface area contributed by atoms with Crippen molar-refractivity contribution in [3.8, 4) is 17.1 Å². The second-order valence-corrected chi connectivity index (χ2v) is 11.2. The van der Waals surface area contributed by atoms with E-state index in [9.17, 15) is 13.2 Å². The van der Waals surface area contributed by atoms with E-state index in [4.69, 9.17) is 32.5 Å². The molecule has 4 aromatic rings. The van der Waals surface area contributed by atoms with E-state index in [1.807, 2.05) is 6.92 Å². The summed E-state index contributed by atoms with van der Waals surface area (Å²) >= 11 is 12.6. The molecule has 0 radical (unpaired) electrons. The first-order valence-corrected chi connectivity index (χ1v) is 13.3. The Balaban J connectivity index is 1.43. The Labute approximate surface area is 220 Å². The highest BCUT2D eigenvalue weighted by Gasteiger charge is 2.28. The summed E-state index contributed by atoms with van der Waals surface area (Å²) in [4.78, 5) is 16.7. The molecular formula is C21H18Cl2N6O5S2. The molecule has 1 amide bonds. The average molecular weight is 569 g/mol. The number of carbonyl (C=O) groups excluding carboxylic acids is 1. The zero-order valence-electron chi connectivity index (χ0n) is 18.8. The predicted molar refractivity (Wildman–Crippen MR) is 134 cm³/mol. The summed E-state index contributed by atoms with van der Waals surface area (Å²) in [5.74, 6) is 0.512. The highest BCUT2D eigenvalue weighted by atomic mass is 35.5. The van der Waals surface area contributed by atoms with Gasteiger partial charge in [-0.15, -0.1) is 10.2 Å². The number of anilines is 1. The normalized spacial score (nSPS) is 11.6. The lowest BCUT2D eigenvalue weighted by atomic mass is 10.2. The fourth-order valence-electron chi connectivity index (χ4n) is 2.91. The van der Waals surface area contributed by atoms with E-state index in [2.05, 4.69) is 25.7 Å². The van der Waals surface area contributed by atoms with Gasteiger partial charge < -0.3 is 9.26 Å². The maximum atomic E-state index is 13.0. The van der Waals surface area contributed by atoms with E-state index in [1.54, 1.807) is 24.3 Å². The molecule has 0 saturated carbocycles. The average Bonchev–Trinajstić information content (AvgIpc) is 3.50. The number of ether oxygens (including phenoxy) is 1. The van der Waals surface area contributed by atoms with Gasteiger partial charge in [-0.25, -0.2) is 8.42 Å². The van der Waals surface area contributed by atoms with E-state index >= 15 is 0 Å². The van der Waals surface area contributed by atoms with Crippen LogP contribution in [-0.2, 0) is 16.6 Å². The molecule has 0 atom stereocenters. The number of nitrogens with zero attached hydrogens (tertiary/aromatic N) is 5. The van der Waals surface area contributed by atoms with Crippen LogP contribution in [0.1, 0.15) is 23.2 Å².